The van der Waals surface area contributed by atoms with E-state index in [1.54, 1.807) is 7.05 Å². The quantitative estimate of drug-likeness (QED) is 0.894. The number of carbonyl (C=O) groups is 1. The standard InChI is InChI=1S/C12H15NO2S2/c1-13-12(14)15-10-6-3-2-5-9(10)11-16-7-4-8-17-11/h2-3,5-6,11H,4,7-8H2,1H3,(H,13,14). The third-order valence-electron chi connectivity index (χ3n) is 2.41. The van der Waals surface area contributed by atoms with Crippen LogP contribution >= 0.6 is 23.5 Å². The molecular formula is C12H15NO2S2. The molecule has 0 bridgehead atoms. The molecule has 1 aromatic rings. The van der Waals surface area contributed by atoms with E-state index in [1.807, 2.05) is 47.8 Å². The van der Waals surface area contributed by atoms with Gasteiger partial charge >= 0.3 is 6.09 Å². The number of carbonyl (C=O) groups excluding carboxylic acids is 1. The van der Waals surface area contributed by atoms with Gasteiger partial charge in [-0.2, -0.15) is 0 Å². The highest BCUT2D eigenvalue weighted by molar-refractivity contribution is 8.16. The van der Waals surface area contributed by atoms with Gasteiger partial charge in [0.1, 0.15) is 5.75 Å². The number of ether oxygens (including phenoxy) is 1. The fourth-order valence-corrected chi connectivity index (χ4v) is 4.53. The second kappa shape index (κ2) is 6.21. The molecule has 0 saturated carbocycles. The van der Waals surface area contributed by atoms with Crippen LogP contribution in [0.5, 0.6) is 5.75 Å². The van der Waals surface area contributed by atoms with Crippen LogP contribution in [0, 0.1) is 0 Å². The Morgan fingerprint density at radius 1 is 1.35 bits per heavy atom. The molecule has 0 radical (unpaired) electrons. The summed E-state index contributed by atoms with van der Waals surface area (Å²) in [5.74, 6) is 3.01. The fourth-order valence-electron chi connectivity index (χ4n) is 1.59. The molecule has 1 saturated heterocycles. The zero-order valence-corrected chi connectivity index (χ0v) is 11.3. The number of rotatable bonds is 2. The summed E-state index contributed by atoms with van der Waals surface area (Å²) in [7, 11) is 1.56. The summed E-state index contributed by atoms with van der Waals surface area (Å²) >= 11 is 3.83. The highest BCUT2D eigenvalue weighted by Crippen LogP contribution is 2.46. The van der Waals surface area contributed by atoms with Gasteiger partial charge in [-0.1, -0.05) is 18.2 Å². The zero-order chi connectivity index (χ0) is 12.1. The van der Waals surface area contributed by atoms with Crippen LogP contribution < -0.4 is 10.1 Å². The Morgan fingerprint density at radius 3 is 2.76 bits per heavy atom. The number of nitrogens with one attached hydrogen (secondary N) is 1. The zero-order valence-electron chi connectivity index (χ0n) is 9.64. The number of para-hydroxylation sites is 1. The minimum atomic E-state index is -0.414. The molecule has 0 aliphatic carbocycles. The van der Waals surface area contributed by atoms with E-state index in [4.69, 9.17) is 4.74 Å². The van der Waals surface area contributed by atoms with Crippen LogP contribution in [-0.2, 0) is 0 Å². The first kappa shape index (κ1) is 12.6. The molecule has 3 nitrogen and oxygen atoms in total. The van der Waals surface area contributed by atoms with E-state index in [0.29, 0.717) is 10.3 Å². The van der Waals surface area contributed by atoms with Crippen molar-refractivity contribution in [1.29, 1.82) is 0 Å². The van der Waals surface area contributed by atoms with Crippen molar-refractivity contribution in [3.05, 3.63) is 29.8 Å². The van der Waals surface area contributed by atoms with Crippen LogP contribution in [0.1, 0.15) is 16.6 Å². The maximum atomic E-state index is 11.3. The highest BCUT2D eigenvalue weighted by Gasteiger charge is 2.20. The van der Waals surface area contributed by atoms with Gasteiger partial charge in [-0.15, -0.1) is 23.5 Å². The van der Waals surface area contributed by atoms with E-state index in [1.165, 1.54) is 17.9 Å². The monoisotopic (exact) mass is 269 g/mol. The van der Waals surface area contributed by atoms with E-state index >= 15 is 0 Å². The van der Waals surface area contributed by atoms with Crippen LogP contribution in [0.4, 0.5) is 4.79 Å². The molecule has 2 rings (SSSR count). The van der Waals surface area contributed by atoms with Gasteiger partial charge in [0.25, 0.3) is 0 Å². The Bertz CT molecular complexity index is 392. The number of hydrogen-bond donors (Lipinski definition) is 1. The van der Waals surface area contributed by atoms with E-state index in [-0.39, 0.29) is 0 Å². The summed E-state index contributed by atoms with van der Waals surface area (Å²) in [5.41, 5.74) is 1.10. The van der Waals surface area contributed by atoms with Crippen molar-refractivity contribution < 1.29 is 9.53 Å². The first-order chi connectivity index (χ1) is 8.31. The third-order valence-corrected chi connectivity index (χ3v) is 5.39. The van der Waals surface area contributed by atoms with Gasteiger partial charge < -0.3 is 10.1 Å². The molecule has 1 aliphatic heterocycles. The van der Waals surface area contributed by atoms with Crippen molar-refractivity contribution >= 4 is 29.6 Å². The summed E-state index contributed by atoms with van der Waals surface area (Å²) in [4.78, 5) is 11.3. The molecule has 1 heterocycles. The van der Waals surface area contributed by atoms with Gasteiger partial charge in [0, 0.05) is 12.6 Å². The maximum Gasteiger partial charge on any atom is 0.412 e. The molecule has 0 spiro atoms. The van der Waals surface area contributed by atoms with Crippen molar-refractivity contribution in [3.8, 4) is 5.75 Å². The normalized spacial score (nSPS) is 16.5. The molecule has 1 N–H and O–H groups in total. The number of amides is 1. The van der Waals surface area contributed by atoms with Gasteiger partial charge in [-0.25, -0.2) is 4.79 Å². The highest BCUT2D eigenvalue weighted by atomic mass is 32.2. The Morgan fingerprint density at radius 2 is 2.06 bits per heavy atom. The molecule has 17 heavy (non-hydrogen) atoms. The van der Waals surface area contributed by atoms with Crippen molar-refractivity contribution in [2.24, 2.45) is 0 Å². The SMILES string of the molecule is CNC(=O)Oc1ccccc1C1SCCCS1. The fraction of sp³-hybridized carbons (Fsp3) is 0.417. The second-order valence-electron chi connectivity index (χ2n) is 3.60. The first-order valence-electron chi connectivity index (χ1n) is 5.53. The van der Waals surface area contributed by atoms with Crippen LogP contribution in [0.15, 0.2) is 24.3 Å². The van der Waals surface area contributed by atoms with Crippen molar-refractivity contribution in [1.82, 2.24) is 5.32 Å². The molecule has 0 aromatic heterocycles. The van der Waals surface area contributed by atoms with Crippen LogP contribution in [0.3, 0.4) is 0 Å². The summed E-state index contributed by atoms with van der Waals surface area (Å²) in [5, 5.41) is 2.47. The third kappa shape index (κ3) is 3.33. The Labute approximate surface area is 110 Å². The molecule has 1 aliphatic rings. The van der Waals surface area contributed by atoms with E-state index in [0.717, 1.165) is 5.56 Å². The molecule has 0 unspecified atom stereocenters. The molecule has 1 fully saturated rings. The van der Waals surface area contributed by atoms with Crippen molar-refractivity contribution in [2.75, 3.05) is 18.6 Å². The topological polar surface area (TPSA) is 38.3 Å². The molecule has 0 atom stereocenters. The smallest absolute Gasteiger partial charge is 0.410 e. The lowest BCUT2D eigenvalue weighted by atomic mass is 10.2. The number of hydrogen-bond acceptors (Lipinski definition) is 4. The number of benzene rings is 1. The van der Waals surface area contributed by atoms with Crippen LogP contribution in [0.25, 0.3) is 0 Å². The molecular weight excluding hydrogens is 254 g/mol. The van der Waals surface area contributed by atoms with Gasteiger partial charge in [-0.05, 0) is 24.0 Å². The average Bonchev–Trinajstić information content (AvgIpc) is 2.40. The van der Waals surface area contributed by atoms with Gasteiger partial charge in [0.05, 0.1) is 4.58 Å². The predicted octanol–water partition coefficient (Wildman–Crippen LogP) is 3.27. The minimum absolute atomic E-state index is 0.379. The van der Waals surface area contributed by atoms with E-state index in [9.17, 15) is 4.79 Å². The lowest BCUT2D eigenvalue weighted by Gasteiger charge is -2.22. The van der Waals surface area contributed by atoms with Crippen molar-refractivity contribution in [2.45, 2.75) is 11.0 Å². The lowest BCUT2D eigenvalue weighted by Crippen LogP contribution is -2.22. The summed E-state index contributed by atoms with van der Waals surface area (Å²) < 4.78 is 5.65. The average molecular weight is 269 g/mol. The molecule has 1 amide bonds. The van der Waals surface area contributed by atoms with Crippen LogP contribution in [-0.4, -0.2) is 24.6 Å². The predicted molar refractivity (Wildman–Crippen MR) is 73.8 cm³/mol. The Kier molecular flexibility index (Phi) is 4.62. The Hall–Kier alpha value is -0.810. The largest absolute Gasteiger partial charge is 0.412 e. The minimum Gasteiger partial charge on any atom is -0.410 e. The van der Waals surface area contributed by atoms with E-state index < -0.39 is 6.09 Å². The van der Waals surface area contributed by atoms with E-state index in [2.05, 4.69) is 5.32 Å². The molecule has 5 heteroatoms. The van der Waals surface area contributed by atoms with Gasteiger partial charge in [0.15, 0.2) is 0 Å². The van der Waals surface area contributed by atoms with Gasteiger partial charge in [0.2, 0.25) is 0 Å². The summed E-state index contributed by atoms with van der Waals surface area (Å²) in [6.45, 7) is 0. The second-order valence-corrected chi connectivity index (χ2v) is 6.33. The number of thioether (sulfide) groups is 2. The molecule has 1 aromatic carbocycles. The van der Waals surface area contributed by atoms with Crippen molar-refractivity contribution in [3.63, 3.8) is 0 Å². The Balaban J connectivity index is 2.17. The van der Waals surface area contributed by atoms with Crippen LogP contribution in [0.2, 0.25) is 0 Å². The summed E-state index contributed by atoms with van der Waals surface area (Å²) in [6, 6.07) is 7.76. The first-order valence-corrected chi connectivity index (χ1v) is 7.62. The molecule has 92 valence electrons. The maximum absolute atomic E-state index is 11.3. The summed E-state index contributed by atoms with van der Waals surface area (Å²) in [6.07, 6.45) is 0.841. The lowest BCUT2D eigenvalue weighted by molar-refractivity contribution is 0.202. The van der Waals surface area contributed by atoms with Gasteiger partial charge in [-0.3, -0.25) is 0 Å².